The molecule has 5 aliphatic rings. The molecule has 4 saturated carbocycles. The van der Waals surface area contributed by atoms with Crippen LogP contribution in [-0.4, -0.2) is 76.7 Å². The van der Waals surface area contributed by atoms with Crippen molar-refractivity contribution >= 4 is 17.7 Å². The van der Waals surface area contributed by atoms with Crippen LogP contribution in [0.1, 0.15) is 132 Å². The van der Waals surface area contributed by atoms with Gasteiger partial charge in [0, 0.05) is 49.6 Å². The lowest BCUT2D eigenvalue weighted by Gasteiger charge is -2.72. The molecule has 1 heterocycles. The number of fused-ring (bicyclic) bond motifs is 7. The number of ketones is 1. The largest absolute Gasteiger partial charge is 0.481 e. The number of esters is 1. The summed E-state index contributed by atoms with van der Waals surface area (Å²) < 4.78 is 6.19. The van der Waals surface area contributed by atoms with Gasteiger partial charge in [0.05, 0.1) is 23.6 Å². The average molecular weight is 762 g/mol. The summed E-state index contributed by atoms with van der Waals surface area (Å²) in [5, 5.41) is 25.5. The highest BCUT2D eigenvalue weighted by Gasteiger charge is 2.71. The van der Waals surface area contributed by atoms with Crippen molar-refractivity contribution in [1.82, 2.24) is 15.2 Å². The van der Waals surface area contributed by atoms with Crippen LogP contribution in [-0.2, 0) is 25.7 Å². The Bertz CT molecular complexity index is 1660. The molecule has 1 aromatic heterocycles. The Hall–Kier alpha value is -2.62. The lowest BCUT2D eigenvalue weighted by Crippen LogP contribution is -2.66. The van der Waals surface area contributed by atoms with Crippen LogP contribution in [0.4, 0.5) is 0 Å². The van der Waals surface area contributed by atoms with Gasteiger partial charge in [0.1, 0.15) is 6.10 Å². The highest BCUT2D eigenvalue weighted by molar-refractivity contribution is 6.00. The molecule has 3 N–H and O–H groups in total. The second-order valence-corrected chi connectivity index (χ2v) is 20.7. The van der Waals surface area contributed by atoms with Gasteiger partial charge in [-0.05, 0) is 130 Å². The van der Waals surface area contributed by atoms with Gasteiger partial charge in [0.25, 0.3) is 0 Å². The van der Waals surface area contributed by atoms with E-state index in [0.29, 0.717) is 31.3 Å². The fourth-order valence-corrected chi connectivity index (χ4v) is 13.6. The molecule has 9 nitrogen and oxygen atoms in total. The van der Waals surface area contributed by atoms with Crippen molar-refractivity contribution in [2.45, 2.75) is 145 Å². The first-order valence-electron chi connectivity index (χ1n) is 21.3. The summed E-state index contributed by atoms with van der Waals surface area (Å²) in [7, 11) is 1.96. The standard InChI is InChI=1S/C46H71N3O6/c1-29(2)38-32(50)25-46(35(51)28-49(24-23-47-10)27-30-13-11-12-22-48-30)21-20-44(8)31(39(38)46)14-15-34-43(7)18-17-36(55-37(52)26-41(3,4)40(53)54)42(5,6)33(43)16-19-45(34,44)9/h11-13,22,29,31,33-36,47,51H,14-21,23-28H2,1-10H3,(H,53,54)/t31-,33-,34?,35-,36+,43+,44-,45?,46+/m1/s1. The zero-order chi connectivity index (χ0) is 40.4. The van der Waals surface area contributed by atoms with Gasteiger partial charge >= 0.3 is 11.9 Å². The molecule has 9 heteroatoms. The Labute approximate surface area is 330 Å². The summed E-state index contributed by atoms with van der Waals surface area (Å²) in [6, 6.07) is 5.99. The molecule has 0 radical (unpaired) electrons. The maximum atomic E-state index is 14.2. The lowest BCUT2D eigenvalue weighted by molar-refractivity contribution is -0.235. The topological polar surface area (TPSA) is 129 Å². The maximum absolute atomic E-state index is 14.2. The minimum absolute atomic E-state index is 0.0249. The van der Waals surface area contributed by atoms with E-state index in [9.17, 15) is 24.6 Å². The first-order valence-corrected chi connectivity index (χ1v) is 21.3. The van der Waals surface area contributed by atoms with E-state index in [-0.39, 0.29) is 51.8 Å². The highest BCUT2D eigenvalue weighted by Crippen LogP contribution is 2.77. The van der Waals surface area contributed by atoms with E-state index >= 15 is 0 Å². The number of carboxylic acids is 1. The number of nitrogens with one attached hydrogen (secondary N) is 1. The second kappa shape index (κ2) is 15.0. The summed E-state index contributed by atoms with van der Waals surface area (Å²) in [4.78, 5) is 46.1. The number of carboxylic acid groups (broad SMARTS) is 1. The van der Waals surface area contributed by atoms with Gasteiger partial charge in [-0.1, -0.05) is 60.1 Å². The smallest absolute Gasteiger partial charge is 0.309 e. The number of likely N-dealkylation sites (N-methyl/N-ethyl adjacent to an activating group) is 1. The molecule has 0 amide bonds. The van der Waals surface area contributed by atoms with Gasteiger partial charge in [-0.15, -0.1) is 0 Å². The number of hydrogen-bond donors (Lipinski definition) is 3. The maximum Gasteiger partial charge on any atom is 0.309 e. The molecular weight excluding hydrogens is 691 g/mol. The molecule has 0 spiro atoms. The number of aliphatic hydroxyl groups excluding tert-OH is 1. The summed E-state index contributed by atoms with van der Waals surface area (Å²) in [5.74, 6) is 0.0207. The molecule has 0 aliphatic heterocycles. The molecule has 0 bridgehead atoms. The number of pyridine rings is 1. The Morgan fingerprint density at radius 1 is 1.00 bits per heavy atom. The first kappa shape index (κ1) is 42.0. The van der Waals surface area contributed by atoms with E-state index in [2.05, 4.69) is 63.7 Å². The summed E-state index contributed by atoms with van der Waals surface area (Å²) in [6.07, 6.45) is 8.98. The third kappa shape index (κ3) is 6.94. The van der Waals surface area contributed by atoms with Crippen molar-refractivity contribution in [3.8, 4) is 0 Å². The Kier molecular flexibility index (Phi) is 11.4. The average Bonchev–Trinajstić information content (AvgIpc) is 3.42. The lowest BCUT2D eigenvalue weighted by atomic mass is 9.33. The number of aromatic nitrogens is 1. The molecular formula is C46H71N3O6. The fourth-order valence-electron chi connectivity index (χ4n) is 13.6. The SMILES string of the molecule is CNCCN(Cc1ccccn1)C[C@@H](O)[C@@]12CC[C@]3(C)[C@H](CCC4C3(C)CC[C@@H]3C(C)(C)[C@@H](OC(=O)CC(C)(C)C(=O)O)CC[C@]43C)C1=C(C(C)C)C(=O)C2. The molecule has 306 valence electrons. The molecule has 0 aromatic carbocycles. The van der Waals surface area contributed by atoms with Gasteiger partial charge in [0.15, 0.2) is 5.78 Å². The Balaban J connectivity index is 1.28. The quantitative estimate of drug-likeness (QED) is 0.172. The molecule has 4 fully saturated rings. The van der Waals surface area contributed by atoms with Crippen molar-refractivity contribution in [2.75, 3.05) is 26.7 Å². The second-order valence-electron chi connectivity index (χ2n) is 20.7. The molecule has 55 heavy (non-hydrogen) atoms. The van der Waals surface area contributed by atoms with E-state index in [4.69, 9.17) is 4.74 Å². The van der Waals surface area contributed by atoms with Crippen LogP contribution < -0.4 is 5.32 Å². The van der Waals surface area contributed by atoms with Crippen LogP contribution in [0.25, 0.3) is 0 Å². The molecule has 0 saturated heterocycles. The minimum atomic E-state index is -1.17. The summed E-state index contributed by atoms with van der Waals surface area (Å²) >= 11 is 0. The van der Waals surface area contributed by atoms with Crippen LogP contribution in [0, 0.1) is 56.2 Å². The number of carbonyl (C=O) groups is 3. The first-order chi connectivity index (χ1) is 25.7. The van der Waals surface area contributed by atoms with Gasteiger partial charge in [-0.2, -0.15) is 0 Å². The van der Waals surface area contributed by atoms with Crippen molar-refractivity contribution in [3.05, 3.63) is 41.2 Å². The Morgan fingerprint density at radius 2 is 1.73 bits per heavy atom. The molecule has 6 rings (SSSR count). The number of aliphatic carboxylic acids is 1. The molecule has 5 aliphatic carbocycles. The number of nitrogens with zero attached hydrogens (tertiary/aromatic N) is 2. The van der Waals surface area contributed by atoms with E-state index in [1.807, 2.05) is 31.4 Å². The van der Waals surface area contributed by atoms with Gasteiger partial charge in [-0.25, -0.2) is 0 Å². The number of rotatable bonds is 13. The molecule has 2 unspecified atom stereocenters. The zero-order valence-electron chi connectivity index (χ0n) is 35.6. The normalized spacial score (nSPS) is 36.2. The monoisotopic (exact) mass is 762 g/mol. The van der Waals surface area contributed by atoms with Crippen molar-refractivity contribution in [3.63, 3.8) is 0 Å². The number of hydrogen-bond acceptors (Lipinski definition) is 8. The number of allylic oxidation sites excluding steroid dienone is 1. The number of aliphatic hydroxyl groups is 1. The third-order valence-corrected chi connectivity index (χ3v) is 16.7. The van der Waals surface area contributed by atoms with Gasteiger partial charge in [-0.3, -0.25) is 24.3 Å². The summed E-state index contributed by atoms with van der Waals surface area (Å²) in [6.45, 7) is 22.4. The van der Waals surface area contributed by atoms with Crippen LogP contribution in [0.3, 0.4) is 0 Å². The van der Waals surface area contributed by atoms with E-state index in [0.717, 1.165) is 75.7 Å². The van der Waals surface area contributed by atoms with Gasteiger partial charge in [0.2, 0.25) is 0 Å². The molecule has 9 atom stereocenters. The van der Waals surface area contributed by atoms with E-state index in [1.54, 1.807) is 13.8 Å². The highest BCUT2D eigenvalue weighted by atomic mass is 16.5. The zero-order valence-corrected chi connectivity index (χ0v) is 35.6. The van der Waals surface area contributed by atoms with E-state index < -0.39 is 28.9 Å². The number of Topliss-reactive ketones (excluding diaryl/α,β-unsaturated/α-hetero) is 1. The number of ether oxygens (including phenoxy) is 1. The van der Waals surface area contributed by atoms with Crippen molar-refractivity contribution in [1.29, 1.82) is 0 Å². The predicted molar refractivity (Wildman–Crippen MR) is 215 cm³/mol. The Morgan fingerprint density at radius 3 is 2.36 bits per heavy atom. The van der Waals surface area contributed by atoms with Crippen LogP contribution in [0.15, 0.2) is 35.5 Å². The summed E-state index contributed by atoms with van der Waals surface area (Å²) in [5.41, 5.74) is 1.39. The number of carbonyl (C=O) groups excluding carboxylic acids is 2. The van der Waals surface area contributed by atoms with Crippen LogP contribution >= 0.6 is 0 Å². The van der Waals surface area contributed by atoms with Crippen LogP contribution in [0.2, 0.25) is 0 Å². The third-order valence-electron chi connectivity index (χ3n) is 16.7. The molecule has 1 aromatic rings. The van der Waals surface area contributed by atoms with Crippen LogP contribution in [0.5, 0.6) is 0 Å². The van der Waals surface area contributed by atoms with Crippen molar-refractivity contribution in [2.24, 2.45) is 56.2 Å². The van der Waals surface area contributed by atoms with E-state index in [1.165, 1.54) is 5.57 Å². The van der Waals surface area contributed by atoms with Crippen molar-refractivity contribution < 1.29 is 29.3 Å². The van der Waals surface area contributed by atoms with Gasteiger partial charge < -0.3 is 20.3 Å². The fraction of sp³-hybridized carbons (Fsp3) is 0.783. The predicted octanol–water partition coefficient (Wildman–Crippen LogP) is 7.86. The minimum Gasteiger partial charge on any atom is -0.481 e.